The number of hydrogen-bond donors (Lipinski definition) is 1. The number of nitrogens with one attached hydrogen (secondary N) is 1. The van der Waals surface area contributed by atoms with E-state index < -0.39 is 6.04 Å². The Balaban J connectivity index is 1.83. The highest BCUT2D eigenvalue weighted by atomic mass is 19.1. The van der Waals surface area contributed by atoms with Crippen LogP contribution in [0.4, 0.5) is 4.39 Å². The maximum atomic E-state index is 13.3. The number of ether oxygens (including phenoxy) is 1. The quantitative estimate of drug-likeness (QED) is 0.643. The molecule has 3 aromatic carbocycles. The Bertz CT molecular complexity index is 903. The molecule has 0 fully saturated rings. The van der Waals surface area contributed by atoms with Gasteiger partial charge in [0.05, 0.1) is 13.2 Å². The van der Waals surface area contributed by atoms with Gasteiger partial charge in [0.15, 0.2) is 0 Å². The SMILES string of the molecule is COc1ccc(C(NC(=O)C=Cc2ccccc2)c2ccc(F)cc2)cc1. The molecule has 0 heterocycles. The Morgan fingerprint density at radius 2 is 1.52 bits per heavy atom. The summed E-state index contributed by atoms with van der Waals surface area (Å²) < 4.78 is 18.5. The van der Waals surface area contributed by atoms with E-state index in [2.05, 4.69) is 5.32 Å². The Morgan fingerprint density at radius 3 is 2.11 bits per heavy atom. The summed E-state index contributed by atoms with van der Waals surface area (Å²) in [6.45, 7) is 0. The average molecular weight is 361 g/mol. The van der Waals surface area contributed by atoms with Crippen LogP contribution in [0.3, 0.4) is 0 Å². The Morgan fingerprint density at radius 1 is 0.926 bits per heavy atom. The van der Waals surface area contributed by atoms with Crippen LogP contribution in [0.2, 0.25) is 0 Å². The van der Waals surface area contributed by atoms with Gasteiger partial charge >= 0.3 is 0 Å². The molecule has 0 aliphatic carbocycles. The molecule has 3 nitrogen and oxygen atoms in total. The summed E-state index contributed by atoms with van der Waals surface area (Å²) >= 11 is 0. The summed E-state index contributed by atoms with van der Waals surface area (Å²) in [6.07, 6.45) is 3.25. The number of benzene rings is 3. The van der Waals surface area contributed by atoms with E-state index in [1.54, 1.807) is 25.3 Å². The first-order valence-corrected chi connectivity index (χ1v) is 8.59. The average Bonchev–Trinajstić information content (AvgIpc) is 2.72. The molecule has 0 aliphatic rings. The van der Waals surface area contributed by atoms with Gasteiger partial charge in [0.25, 0.3) is 0 Å². The van der Waals surface area contributed by atoms with Crippen molar-refractivity contribution < 1.29 is 13.9 Å². The number of methoxy groups -OCH3 is 1. The molecule has 1 amide bonds. The highest BCUT2D eigenvalue weighted by molar-refractivity contribution is 5.92. The van der Waals surface area contributed by atoms with Crippen LogP contribution >= 0.6 is 0 Å². The molecule has 0 aromatic heterocycles. The second-order valence-electron chi connectivity index (χ2n) is 6.01. The van der Waals surface area contributed by atoms with Gasteiger partial charge < -0.3 is 10.1 Å². The van der Waals surface area contributed by atoms with E-state index >= 15 is 0 Å². The first kappa shape index (κ1) is 18.4. The predicted octanol–water partition coefficient (Wildman–Crippen LogP) is 4.75. The summed E-state index contributed by atoms with van der Waals surface area (Å²) in [7, 11) is 1.60. The predicted molar refractivity (Wildman–Crippen MR) is 105 cm³/mol. The fraction of sp³-hybridized carbons (Fsp3) is 0.0870. The third-order valence-corrected chi connectivity index (χ3v) is 4.17. The molecule has 1 unspecified atom stereocenters. The van der Waals surface area contributed by atoms with E-state index in [0.29, 0.717) is 0 Å². The molecule has 4 heteroatoms. The van der Waals surface area contributed by atoms with Gasteiger partial charge in [-0.2, -0.15) is 0 Å². The van der Waals surface area contributed by atoms with E-state index in [9.17, 15) is 9.18 Å². The maximum Gasteiger partial charge on any atom is 0.244 e. The Hall–Kier alpha value is -3.40. The normalized spacial score (nSPS) is 11.9. The van der Waals surface area contributed by atoms with E-state index in [1.807, 2.05) is 54.6 Å². The molecule has 0 saturated carbocycles. The molecule has 0 aliphatic heterocycles. The highest BCUT2D eigenvalue weighted by Gasteiger charge is 2.16. The Labute approximate surface area is 158 Å². The molecule has 0 bridgehead atoms. The van der Waals surface area contributed by atoms with Gasteiger partial charge in [0.1, 0.15) is 11.6 Å². The summed E-state index contributed by atoms with van der Waals surface area (Å²) in [6, 6.07) is 22.7. The molecule has 0 radical (unpaired) electrons. The van der Waals surface area contributed by atoms with Crippen molar-refractivity contribution in [3.05, 3.63) is 107 Å². The van der Waals surface area contributed by atoms with Crippen LogP contribution < -0.4 is 10.1 Å². The van der Waals surface area contributed by atoms with E-state index in [1.165, 1.54) is 18.2 Å². The topological polar surface area (TPSA) is 38.3 Å². The van der Waals surface area contributed by atoms with Crippen LogP contribution in [0.25, 0.3) is 6.08 Å². The first-order chi connectivity index (χ1) is 13.2. The summed E-state index contributed by atoms with van der Waals surface area (Å²) in [4.78, 5) is 12.5. The zero-order valence-electron chi connectivity index (χ0n) is 14.9. The molecular weight excluding hydrogens is 341 g/mol. The van der Waals surface area contributed by atoms with Crippen molar-refractivity contribution in [1.29, 1.82) is 0 Å². The minimum atomic E-state index is -0.399. The van der Waals surface area contributed by atoms with Crippen molar-refractivity contribution in [3.63, 3.8) is 0 Å². The number of halogens is 1. The van der Waals surface area contributed by atoms with Gasteiger partial charge in [-0.25, -0.2) is 4.39 Å². The number of hydrogen-bond acceptors (Lipinski definition) is 2. The largest absolute Gasteiger partial charge is 0.497 e. The lowest BCUT2D eigenvalue weighted by Gasteiger charge is -2.19. The molecular formula is C23H20FNO2. The van der Waals surface area contributed by atoms with Gasteiger partial charge in [-0.3, -0.25) is 4.79 Å². The lowest BCUT2D eigenvalue weighted by molar-refractivity contribution is -0.116. The lowest BCUT2D eigenvalue weighted by Crippen LogP contribution is -2.27. The second kappa shape index (κ2) is 8.81. The third kappa shape index (κ3) is 5.05. The smallest absolute Gasteiger partial charge is 0.244 e. The Kier molecular flexibility index (Phi) is 6.00. The third-order valence-electron chi connectivity index (χ3n) is 4.17. The fourth-order valence-electron chi connectivity index (χ4n) is 2.74. The van der Waals surface area contributed by atoms with Crippen molar-refractivity contribution in [2.75, 3.05) is 7.11 Å². The second-order valence-corrected chi connectivity index (χ2v) is 6.01. The summed E-state index contributed by atoms with van der Waals surface area (Å²) in [5.74, 6) is 0.179. The molecule has 0 saturated heterocycles. The van der Waals surface area contributed by atoms with Gasteiger partial charge in [-0.1, -0.05) is 54.6 Å². The minimum absolute atomic E-state index is 0.232. The molecule has 27 heavy (non-hydrogen) atoms. The van der Waals surface area contributed by atoms with Crippen LogP contribution in [-0.2, 0) is 4.79 Å². The van der Waals surface area contributed by atoms with Crippen LogP contribution in [0.15, 0.2) is 84.9 Å². The fourth-order valence-corrected chi connectivity index (χ4v) is 2.74. The zero-order valence-corrected chi connectivity index (χ0v) is 14.9. The highest BCUT2D eigenvalue weighted by Crippen LogP contribution is 2.24. The molecule has 1 N–H and O–H groups in total. The van der Waals surface area contributed by atoms with Crippen molar-refractivity contribution in [1.82, 2.24) is 5.32 Å². The van der Waals surface area contributed by atoms with Gasteiger partial charge in [0.2, 0.25) is 5.91 Å². The summed E-state index contributed by atoms with van der Waals surface area (Å²) in [5.41, 5.74) is 2.61. The molecule has 0 spiro atoms. The lowest BCUT2D eigenvalue weighted by atomic mass is 9.98. The van der Waals surface area contributed by atoms with E-state index in [-0.39, 0.29) is 11.7 Å². The van der Waals surface area contributed by atoms with Crippen LogP contribution in [-0.4, -0.2) is 13.0 Å². The monoisotopic (exact) mass is 361 g/mol. The molecule has 3 rings (SSSR count). The van der Waals surface area contributed by atoms with Gasteiger partial charge in [-0.15, -0.1) is 0 Å². The number of carbonyl (C=O) groups is 1. The van der Waals surface area contributed by atoms with Crippen molar-refractivity contribution in [2.45, 2.75) is 6.04 Å². The number of rotatable bonds is 6. The molecule has 136 valence electrons. The van der Waals surface area contributed by atoms with Gasteiger partial charge in [0, 0.05) is 6.08 Å². The van der Waals surface area contributed by atoms with E-state index in [4.69, 9.17) is 4.74 Å². The van der Waals surface area contributed by atoms with Crippen molar-refractivity contribution >= 4 is 12.0 Å². The van der Waals surface area contributed by atoms with Gasteiger partial charge in [-0.05, 0) is 47.0 Å². The van der Waals surface area contributed by atoms with Crippen molar-refractivity contribution in [2.24, 2.45) is 0 Å². The maximum absolute atomic E-state index is 13.3. The van der Waals surface area contributed by atoms with Crippen LogP contribution in [0.1, 0.15) is 22.7 Å². The zero-order chi connectivity index (χ0) is 19.1. The first-order valence-electron chi connectivity index (χ1n) is 8.59. The minimum Gasteiger partial charge on any atom is -0.497 e. The molecule has 1 atom stereocenters. The number of amides is 1. The summed E-state index contributed by atoms with van der Waals surface area (Å²) in [5, 5.41) is 2.99. The number of carbonyl (C=O) groups excluding carboxylic acids is 1. The van der Waals surface area contributed by atoms with Crippen LogP contribution in [0, 0.1) is 5.82 Å². The molecule has 3 aromatic rings. The standard InChI is InChI=1S/C23H20FNO2/c1-27-21-14-10-19(11-15-21)23(18-8-12-20(24)13-9-18)25-22(26)16-7-17-5-3-2-4-6-17/h2-16,23H,1H3,(H,25,26). The van der Waals surface area contributed by atoms with Crippen molar-refractivity contribution in [3.8, 4) is 5.75 Å². The van der Waals surface area contributed by atoms with E-state index in [0.717, 1.165) is 22.4 Å². The van der Waals surface area contributed by atoms with Crippen LogP contribution in [0.5, 0.6) is 5.75 Å².